The van der Waals surface area contributed by atoms with Gasteiger partial charge in [-0.2, -0.15) is 0 Å². The van der Waals surface area contributed by atoms with Crippen LogP contribution in [0.3, 0.4) is 0 Å². The maximum absolute atomic E-state index is 3.67. The third-order valence-electron chi connectivity index (χ3n) is 3.49. The van der Waals surface area contributed by atoms with Crippen LogP contribution in [0.2, 0.25) is 0 Å². The Morgan fingerprint density at radius 1 is 1.09 bits per heavy atom. The summed E-state index contributed by atoms with van der Waals surface area (Å²) in [6, 6.07) is 0.873. The molecule has 1 saturated heterocycles. The average molecular weight is 153 g/mol. The Labute approximate surface area is 69.6 Å². The molecule has 1 saturated carbocycles. The first kappa shape index (κ1) is 7.60. The highest BCUT2D eigenvalue weighted by molar-refractivity contribution is 4.88. The van der Waals surface area contributed by atoms with E-state index in [0.29, 0.717) is 0 Å². The van der Waals surface area contributed by atoms with Crippen LogP contribution in [0.4, 0.5) is 0 Å². The largest absolute Gasteiger partial charge is 0.313 e. The lowest BCUT2D eigenvalue weighted by Gasteiger charge is -2.40. The van der Waals surface area contributed by atoms with Gasteiger partial charge in [-0.05, 0) is 44.1 Å². The minimum Gasteiger partial charge on any atom is -0.313 e. The minimum atomic E-state index is 0.873. The molecule has 0 amide bonds. The van der Waals surface area contributed by atoms with E-state index in [2.05, 4.69) is 12.2 Å². The summed E-state index contributed by atoms with van der Waals surface area (Å²) in [7, 11) is 0. The lowest BCUT2D eigenvalue weighted by atomic mass is 9.74. The highest BCUT2D eigenvalue weighted by atomic mass is 14.9. The molecule has 2 aliphatic rings. The molecule has 1 nitrogen and oxygen atoms in total. The second-order valence-corrected chi connectivity index (χ2v) is 4.29. The van der Waals surface area contributed by atoms with E-state index < -0.39 is 0 Å². The number of hydrogen-bond donors (Lipinski definition) is 1. The van der Waals surface area contributed by atoms with Crippen molar-refractivity contribution in [3.63, 3.8) is 0 Å². The SMILES string of the molecule is C[C@@H]1CCCC2CCCNC21. The highest BCUT2D eigenvalue weighted by Crippen LogP contribution is 2.33. The summed E-state index contributed by atoms with van der Waals surface area (Å²) in [5, 5.41) is 3.67. The molecule has 0 radical (unpaired) electrons. The average Bonchev–Trinajstić information content (AvgIpc) is 2.06. The summed E-state index contributed by atoms with van der Waals surface area (Å²) >= 11 is 0. The molecule has 64 valence electrons. The van der Waals surface area contributed by atoms with Gasteiger partial charge < -0.3 is 5.32 Å². The summed E-state index contributed by atoms with van der Waals surface area (Å²) in [6.07, 6.45) is 7.32. The van der Waals surface area contributed by atoms with Gasteiger partial charge in [-0.15, -0.1) is 0 Å². The Bertz CT molecular complexity index is 131. The Morgan fingerprint density at radius 2 is 1.91 bits per heavy atom. The molecule has 0 spiro atoms. The molecule has 1 aliphatic carbocycles. The van der Waals surface area contributed by atoms with Crippen molar-refractivity contribution in [2.24, 2.45) is 11.8 Å². The van der Waals surface area contributed by atoms with E-state index in [0.717, 1.165) is 17.9 Å². The summed E-state index contributed by atoms with van der Waals surface area (Å²) in [5.41, 5.74) is 0. The number of hydrogen-bond acceptors (Lipinski definition) is 1. The molecule has 2 unspecified atom stereocenters. The van der Waals surface area contributed by atoms with Crippen LogP contribution in [0.15, 0.2) is 0 Å². The van der Waals surface area contributed by atoms with Gasteiger partial charge in [-0.1, -0.05) is 13.3 Å². The number of fused-ring (bicyclic) bond motifs is 1. The molecule has 0 aromatic rings. The van der Waals surface area contributed by atoms with Crippen molar-refractivity contribution in [3.8, 4) is 0 Å². The van der Waals surface area contributed by atoms with E-state index in [1.54, 1.807) is 0 Å². The summed E-state index contributed by atoms with van der Waals surface area (Å²) in [6.45, 7) is 3.68. The first-order valence-electron chi connectivity index (χ1n) is 5.11. The van der Waals surface area contributed by atoms with Gasteiger partial charge in [0.1, 0.15) is 0 Å². The maximum atomic E-state index is 3.67. The number of piperidine rings is 1. The zero-order valence-electron chi connectivity index (χ0n) is 7.47. The van der Waals surface area contributed by atoms with Crippen molar-refractivity contribution in [2.45, 2.75) is 45.1 Å². The highest BCUT2D eigenvalue weighted by Gasteiger charge is 2.31. The Morgan fingerprint density at radius 3 is 2.73 bits per heavy atom. The third kappa shape index (κ3) is 1.44. The monoisotopic (exact) mass is 153 g/mol. The summed E-state index contributed by atoms with van der Waals surface area (Å²) in [4.78, 5) is 0. The van der Waals surface area contributed by atoms with Gasteiger partial charge in [-0.25, -0.2) is 0 Å². The van der Waals surface area contributed by atoms with Gasteiger partial charge in [0.15, 0.2) is 0 Å². The quantitative estimate of drug-likeness (QED) is 0.562. The molecule has 2 fully saturated rings. The fourth-order valence-corrected chi connectivity index (χ4v) is 2.85. The van der Waals surface area contributed by atoms with E-state index in [-0.39, 0.29) is 0 Å². The Hall–Kier alpha value is -0.0400. The molecule has 0 bridgehead atoms. The van der Waals surface area contributed by atoms with Crippen molar-refractivity contribution in [3.05, 3.63) is 0 Å². The fourth-order valence-electron chi connectivity index (χ4n) is 2.85. The van der Waals surface area contributed by atoms with Gasteiger partial charge in [0.25, 0.3) is 0 Å². The molecule has 1 aliphatic heterocycles. The van der Waals surface area contributed by atoms with Gasteiger partial charge in [0.2, 0.25) is 0 Å². The van der Waals surface area contributed by atoms with Gasteiger partial charge in [0.05, 0.1) is 0 Å². The molecule has 1 heteroatoms. The van der Waals surface area contributed by atoms with E-state index >= 15 is 0 Å². The number of nitrogens with one attached hydrogen (secondary N) is 1. The predicted octanol–water partition coefficient (Wildman–Crippen LogP) is 2.17. The summed E-state index contributed by atoms with van der Waals surface area (Å²) in [5.74, 6) is 1.96. The second-order valence-electron chi connectivity index (χ2n) is 4.29. The maximum Gasteiger partial charge on any atom is 0.0121 e. The van der Waals surface area contributed by atoms with Crippen LogP contribution in [-0.2, 0) is 0 Å². The van der Waals surface area contributed by atoms with Crippen molar-refractivity contribution < 1.29 is 0 Å². The Kier molecular flexibility index (Phi) is 2.17. The molecule has 1 heterocycles. The van der Waals surface area contributed by atoms with Crippen LogP contribution in [-0.4, -0.2) is 12.6 Å². The van der Waals surface area contributed by atoms with Crippen molar-refractivity contribution >= 4 is 0 Å². The predicted molar refractivity (Wildman–Crippen MR) is 47.5 cm³/mol. The van der Waals surface area contributed by atoms with E-state index in [1.165, 1.54) is 38.6 Å². The van der Waals surface area contributed by atoms with Crippen LogP contribution in [0.25, 0.3) is 0 Å². The molecule has 1 N–H and O–H groups in total. The van der Waals surface area contributed by atoms with Crippen LogP contribution in [0.5, 0.6) is 0 Å². The van der Waals surface area contributed by atoms with Gasteiger partial charge >= 0.3 is 0 Å². The first-order chi connectivity index (χ1) is 5.38. The molecular formula is C10H19N. The molecule has 0 aromatic heterocycles. The van der Waals surface area contributed by atoms with Crippen molar-refractivity contribution in [1.82, 2.24) is 5.32 Å². The molecule has 0 aromatic carbocycles. The van der Waals surface area contributed by atoms with Gasteiger partial charge in [-0.3, -0.25) is 0 Å². The lowest BCUT2D eigenvalue weighted by molar-refractivity contribution is 0.157. The minimum absolute atomic E-state index is 0.873. The fraction of sp³-hybridized carbons (Fsp3) is 1.00. The van der Waals surface area contributed by atoms with Crippen LogP contribution < -0.4 is 5.32 Å². The zero-order chi connectivity index (χ0) is 7.68. The molecular weight excluding hydrogens is 134 g/mol. The normalized spacial score (nSPS) is 45.0. The first-order valence-corrected chi connectivity index (χ1v) is 5.11. The zero-order valence-corrected chi connectivity index (χ0v) is 7.47. The van der Waals surface area contributed by atoms with Gasteiger partial charge in [0, 0.05) is 6.04 Å². The number of rotatable bonds is 0. The van der Waals surface area contributed by atoms with Crippen LogP contribution in [0, 0.1) is 11.8 Å². The molecule has 2 rings (SSSR count). The van der Waals surface area contributed by atoms with E-state index in [9.17, 15) is 0 Å². The molecule has 3 atom stereocenters. The lowest BCUT2D eigenvalue weighted by Crippen LogP contribution is -2.47. The van der Waals surface area contributed by atoms with Crippen LogP contribution in [0.1, 0.15) is 39.0 Å². The summed E-state index contributed by atoms with van der Waals surface area (Å²) < 4.78 is 0. The topological polar surface area (TPSA) is 12.0 Å². The van der Waals surface area contributed by atoms with Crippen molar-refractivity contribution in [2.75, 3.05) is 6.54 Å². The van der Waals surface area contributed by atoms with Crippen molar-refractivity contribution in [1.29, 1.82) is 0 Å². The third-order valence-corrected chi connectivity index (χ3v) is 3.49. The molecule has 11 heavy (non-hydrogen) atoms. The Balaban J connectivity index is 1.99. The van der Waals surface area contributed by atoms with Crippen LogP contribution >= 0.6 is 0 Å². The standard InChI is InChI=1S/C10H19N/c1-8-4-2-5-9-6-3-7-11-10(8)9/h8-11H,2-7H2,1H3/t8-,9?,10?/m1/s1. The van der Waals surface area contributed by atoms with E-state index in [1.807, 2.05) is 0 Å². The second kappa shape index (κ2) is 3.14. The van der Waals surface area contributed by atoms with E-state index in [4.69, 9.17) is 0 Å². The smallest absolute Gasteiger partial charge is 0.0121 e.